The number of ether oxygens (including phenoxy) is 1. The molecule has 1 aromatic heterocycles. The van der Waals surface area contributed by atoms with Crippen molar-refractivity contribution in [1.82, 2.24) is 10.3 Å². The average Bonchev–Trinajstić information content (AvgIpc) is 2.25. The van der Waals surface area contributed by atoms with Crippen molar-refractivity contribution in [3.8, 4) is 0 Å². The van der Waals surface area contributed by atoms with E-state index in [9.17, 15) is 9.59 Å². The maximum atomic E-state index is 11.3. The SMILES string of the molecule is CC(=O)NCCOC(=O)c1ccccn1. The van der Waals surface area contributed by atoms with Crippen LogP contribution in [-0.4, -0.2) is 30.0 Å². The fourth-order valence-electron chi connectivity index (χ4n) is 0.928. The summed E-state index contributed by atoms with van der Waals surface area (Å²) in [6, 6.07) is 4.99. The molecule has 15 heavy (non-hydrogen) atoms. The number of esters is 1. The van der Waals surface area contributed by atoms with E-state index in [-0.39, 0.29) is 18.2 Å². The van der Waals surface area contributed by atoms with Crippen molar-refractivity contribution in [2.75, 3.05) is 13.2 Å². The normalized spacial score (nSPS) is 9.40. The van der Waals surface area contributed by atoms with Crippen molar-refractivity contribution in [2.24, 2.45) is 0 Å². The quantitative estimate of drug-likeness (QED) is 0.573. The summed E-state index contributed by atoms with van der Waals surface area (Å²) < 4.78 is 4.86. The average molecular weight is 208 g/mol. The lowest BCUT2D eigenvalue weighted by Crippen LogP contribution is -2.25. The third-order valence-electron chi connectivity index (χ3n) is 1.58. The van der Waals surface area contributed by atoms with Crippen molar-refractivity contribution >= 4 is 11.9 Å². The van der Waals surface area contributed by atoms with Gasteiger partial charge in [0.15, 0.2) is 0 Å². The fourth-order valence-corrected chi connectivity index (χ4v) is 0.928. The van der Waals surface area contributed by atoms with E-state index in [4.69, 9.17) is 4.74 Å². The molecule has 5 nitrogen and oxygen atoms in total. The molecule has 0 spiro atoms. The van der Waals surface area contributed by atoms with E-state index in [0.29, 0.717) is 6.54 Å². The largest absolute Gasteiger partial charge is 0.459 e. The Kier molecular flexibility index (Phi) is 4.28. The molecule has 0 aromatic carbocycles. The zero-order chi connectivity index (χ0) is 11.1. The first-order valence-electron chi connectivity index (χ1n) is 4.53. The van der Waals surface area contributed by atoms with Crippen LogP contribution in [0.25, 0.3) is 0 Å². The highest BCUT2D eigenvalue weighted by Crippen LogP contribution is 1.95. The molecule has 0 saturated heterocycles. The van der Waals surface area contributed by atoms with Gasteiger partial charge in [-0.3, -0.25) is 4.79 Å². The molecule has 0 saturated carbocycles. The number of pyridine rings is 1. The molecular weight excluding hydrogens is 196 g/mol. The Morgan fingerprint density at radius 1 is 1.47 bits per heavy atom. The minimum atomic E-state index is -0.485. The minimum Gasteiger partial charge on any atom is -0.459 e. The number of nitrogens with zero attached hydrogens (tertiary/aromatic N) is 1. The summed E-state index contributed by atoms with van der Waals surface area (Å²) in [4.78, 5) is 25.6. The Labute approximate surface area is 87.5 Å². The van der Waals surface area contributed by atoms with Crippen LogP contribution in [0.15, 0.2) is 24.4 Å². The van der Waals surface area contributed by atoms with E-state index in [0.717, 1.165) is 0 Å². The van der Waals surface area contributed by atoms with Crippen molar-refractivity contribution in [3.63, 3.8) is 0 Å². The first-order chi connectivity index (χ1) is 7.20. The highest BCUT2D eigenvalue weighted by atomic mass is 16.5. The van der Waals surface area contributed by atoms with Crippen LogP contribution in [-0.2, 0) is 9.53 Å². The summed E-state index contributed by atoms with van der Waals surface area (Å²) in [6.45, 7) is 1.86. The Morgan fingerprint density at radius 3 is 2.87 bits per heavy atom. The number of hydrogen-bond acceptors (Lipinski definition) is 4. The van der Waals surface area contributed by atoms with E-state index in [1.165, 1.54) is 13.1 Å². The third kappa shape index (κ3) is 4.21. The lowest BCUT2D eigenvalue weighted by molar-refractivity contribution is -0.119. The Hall–Kier alpha value is -1.91. The van der Waals surface area contributed by atoms with E-state index in [1.807, 2.05) is 0 Å². The third-order valence-corrected chi connectivity index (χ3v) is 1.58. The first kappa shape index (κ1) is 11.2. The number of rotatable bonds is 4. The standard InChI is InChI=1S/C10H12N2O3/c1-8(13)11-6-7-15-10(14)9-4-2-3-5-12-9/h2-5H,6-7H2,1H3,(H,11,13). The van der Waals surface area contributed by atoms with E-state index in [1.54, 1.807) is 18.2 Å². The van der Waals surface area contributed by atoms with Gasteiger partial charge in [-0.1, -0.05) is 6.07 Å². The van der Waals surface area contributed by atoms with Crippen LogP contribution < -0.4 is 5.32 Å². The number of carbonyl (C=O) groups excluding carboxylic acids is 2. The molecule has 1 amide bonds. The lowest BCUT2D eigenvalue weighted by atomic mass is 10.3. The molecule has 0 aliphatic carbocycles. The minimum absolute atomic E-state index is 0.148. The van der Waals surface area contributed by atoms with Crippen molar-refractivity contribution in [1.29, 1.82) is 0 Å². The number of aromatic nitrogens is 1. The molecule has 1 heterocycles. The molecule has 1 rings (SSSR count). The lowest BCUT2D eigenvalue weighted by Gasteiger charge is -2.04. The van der Waals surface area contributed by atoms with Gasteiger partial charge < -0.3 is 10.1 Å². The van der Waals surface area contributed by atoms with Gasteiger partial charge in [-0.2, -0.15) is 0 Å². The molecule has 5 heteroatoms. The second-order valence-corrected chi connectivity index (χ2v) is 2.83. The van der Waals surface area contributed by atoms with Gasteiger partial charge in [-0.15, -0.1) is 0 Å². The molecule has 0 bridgehead atoms. The molecule has 0 aliphatic heterocycles. The van der Waals surface area contributed by atoms with Crippen molar-refractivity contribution in [3.05, 3.63) is 30.1 Å². The topological polar surface area (TPSA) is 68.3 Å². The number of nitrogens with one attached hydrogen (secondary N) is 1. The van der Waals surface area contributed by atoms with E-state index < -0.39 is 5.97 Å². The van der Waals surface area contributed by atoms with Crippen molar-refractivity contribution in [2.45, 2.75) is 6.92 Å². The van der Waals surface area contributed by atoms with Gasteiger partial charge in [0, 0.05) is 13.1 Å². The fraction of sp³-hybridized carbons (Fsp3) is 0.300. The van der Waals surface area contributed by atoms with Gasteiger partial charge in [-0.25, -0.2) is 9.78 Å². The molecule has 0 atom stereocenters. The van der Waals surface area contributed by atoms with Crippen LogP contribution in [0.1, 0.15) is 17.4 Å². The van der Waals surface area contributed by atoms with Crippen LogP contribution in [0.2, 0.25) is 0 Å². The van der Waals surface area contributed by atoms with E-state index in [2.05, 4.69) is 10.3 Å². The van der Waals surface area contributed by atoms with Crippen LogP contribution in [0.4, 0.5) is 0 Å². The first-order valence-corrected chi connectivity index (χ1v) is 4.53. The Bertz CT molecular complexity index is 338. The van der Waals surface area contributed by atoms with Crippen LogP contribution >= 0.6 is 0 Å². The Morgan fingerprint density at radius 2 is 2.27 bits per heavy atom. The summed E-state index contributed by atoms with van der Waals surface area (Å²) in [5.74, 6) is -0.634. The molecular formula is C10H12N2O3. The maximum absolute atomic E-state index is 11.3. The van der Waals surface area contributed by atoms with Crippen LogP contribution in [0.3, 0.4) is 0 Å². The maximum Gasteiger partial charge on any atom is 0.356 e. The van der Waals surface area contributed by atoms with Gasteiger partial charge in [0.05, 0.1) is 6.54 Å². The second-order valence-electron chi connectivity index (χ2n) is 2.83. The number of amides is 1. The zero-order valence-corrected chi connectivity index (χ0v) is 8.40. The summed E-state index contributed by atoms with van der Waals surface area (Å²) in [6.07, 6.45) is 1.52. The highest BCUT2D eigenvalue weighted by molar-refractivity contribution is 5.87. The Balaban J connectivity index is 2.28. The molecule has 0 aliphatic rings. The molecule has 80 valence electrons. The molecule has 1 N–H and O–H groups in total. The summed E-state index contributed by atoms with van der Waals surface area (Å²) in [5.41, 5.74) is 0.264. The summed E-state index contributed by atoms with van der Waals surface area (Å²) in [7, 11) is 0. The van der Waals surface area contributed by atoms with Crippen LogP contribution in [0.5, 0.6) is 0 Å². The number of hydrogen-bond donors (Lipinski definition) is 1. The smallest absolute Gasteiger partial charge is 0.356 e. The van der Waals surface area contributed by atoms with Gasteiger partial charge in [0.2, 0.25) is 5.91 Å². The molecule has 0 fully saturated rings. The number of carbonyl (C=O) groups is 2. The van der Waals surface area contributed by atoms with Gasteiger partial charge >= 0.3 is 5.97 Å². The summed E-state index contributed by atoms with van der Waals surface area (Å²) >= 11 is 0. The monoisotopic (exact) mass is 208 g/mol. The molecule has 0 unspecified atom stereocenters. The summed E-state index contributed by atoms with van der Waals surface area (Å²) in [5, 5.41) is 2.52. The van der Waals surface area contributed by atoms with Gasteiger partial charge in [0.1, 0.15) is 12.3 Å². The molecule has 0 radical (unpaired) electrons. The second kappa shape index (κ2) is 5.74. The highest BCUT2D eigenvalue weighted by Gasteiger charge is 2.06. The van der Waals surface area contributed by atoms with E-state index >= 15 is 0 Å². The van der Waals surface area contributed by atoms with Gasteiger partial charge in [0.25, 0.3) is 0 Å². The van der Waals surface area contributed by atoms with Crippen LogP contribution in [0, 0.1) is 0 Å². The zero-order valence-electron chi connectivity index (χ0n) is 8.40. The van der Waals surface area contributed by atoms with Crippen molar-refractivity contribution < 1.29 is 14.3 Å². The molecule has 1 aromatic rings. The predicted molar refractivity (Wildman–Crippen MR) is 53.2 cm³/mol. The predicted octanol–water partition coefficient (Wildman–Crippen LogP) is 0.374. The van der Waals surface area contributed by atoms with Gasteiger partial charge in [-0.05, 0) is 12.1 Å².